The highest BCUT2D eigenvalue weighted by molar-refractivity contribution is 9.10. The van der Waals surface area contributed by atoms with E-state index in [0.717, 1.165) is 8.95 Å². The second-order valence-electron chi connectivity index (χ2n) is 3.14. The van der Waals surface area contributed by atoms with E-state index >= 15 is 0 Å². The fourth-order valence-corrected chi connectivity index (χ4v) is 1.92. The second-order valence-corrected chi connectivity index (χ2v) is 4.91. The lowest BCUT2D eigenvalue weighted by molar-refractivity contribution is 0.409. The number of benzene rings is 2. The van der Waals surface area contributed by atoms with Gasteiger partial charge in [-0.2, -0.15) is 0 Å². The Morgan fingerprint density at radius 3 is 2.25 bits per heavy atom. The number of rotatable bonds is 2. The highest BCUT2D eigenvalue weighted by Gasteiger charge is 2.07. The Hall–Kier alpha value is -1.00. The Kier molecular flexibility index (Phi) is 3.51. The van der Waals surface area contributed by atoms with Crippen molar-refractivity contribution in [2.24, 2.45) is 0 Å². The van der Waals surface area contributed by atoms with Gasteiger partial charge in [-0.1, -0.05) is 22.0 Å². The Bertz CT molecular complexity index is 475. The molecule has 2 aromatic carbocycles. The molecule has 2 nitrogen and oxygen atoms in total. The second kappa shape index (κ2) is 4.89. The number of hydrogen-bond acceptors (Lipinski definition) is 2. The summed E-state index contributed by atoms with van der Waals surface area (Å²) in [6.45, 7) is 0. The first-order valence-corrected chi connectivity index (χ1v) is 6.16. The SMILES string of the molecule is Oc1cccc(Br)c1Oc1ccc(Br)cc1. The van der Waals surface area contributed by atoms with Crippen LogP contribution < -0.4 is 4.74 Å². The zero-order chi connectivity index (χ0) is 11.5. The molecule has 0 fully saturated rings. The molecule has 4 heteroatoms. The summed E-state index contributed by atoms with van der Waals surface area (Å²) in [5.41, 5.74) is 0. The molecule has 0 heterocycles. The van der Waals surface area contributed by atoms with Crippen LogP contribution >= 0.6 is 31.9 Å². The largest absolute Gasteiger partial charge is 0.504 e. The fraction of sp³-hybridized carbons (Fsp3) is 0. The van der Waals surface area contributed by atoms with Gasteiger partial charge in [-0.3, -0.25) is 0 Å². The van der Waals surface area contributed by atoms with Gasteiger partial charge < -0.3 is 9.84 Å². The van der Waals surface area contributed by atoms with Crippen molar-refractivity contribution in [3.63, 3.8) is 0 Å². The predicted octanol–water partition coefficient (Wildman–Crippen LogP) is 4.71. The molecule has 0 amide bonds. The van der Waals surface area contributed by atoms with Crippen LogP contribution in [0.15, 0.2) is 51.4 Å². The fourth-order valence-electron chi connectivity index (χ4n) is 1.22. The topological polar surface area (TPSA) is 29.5 Å². The standard InChI is InChI=1S/C12H8Br2O2/c13-8-4-6-9(7-5-8)16-12-10(14)2-1-3-11(12)15/h1-7,15H. The van der Waals surface area contributed by atoms with Gasteiger partial charge in [-0.05, 0) is 52.3 Å². The summed E-state index contributed by atoms with van der Waals surface area (Å²) in [7, 11) is 0. The van der Waals surface area contributed by atoms with Crippen LogP contribution in [0, 0.1) is 0 Å². The highest BCUT2D eigenvalue weighted by Crippen LogP contribution is 2.37. The van der Waals surface area contributed by atoms with Gasteiger partial charge in [0.25, 0.3) is 0 Å². The third kappa shape index (κ3) is 2.57. The normalized spacial score (nSPS) is 10.1. The maximum absolute atomic E-state index is 9.64. The highest BCUT2D eigenvalue weighted by atomic mass is 79.9. The minimum Gasteiger partial charge on any atom is -0.504 e. The third-order valence-corrected chi connectivity index (χ3v) is 3.13. The molecule has 0 aliphatic rings. The van der Waals surface area contributed by atoms with E-state index in [1.165, 1.54) is 0 Å². The van der Waals surface area contributed by atoms with Crippen LogP contribution in [0.25, 0.3) is 0 Å². The molecule has 0 aliphatic heterocycles. The summed E-state index contributed by atoms with van der Waals surface area (Å²) in [6, 6.07) is 12.5. The summed E-state index contributed by atoms with van der Waals surface area (Å²) >= 11 is 6.67. The lowest BCUT2D eigenvalue weighted by atomic mass is 10.3. The van der Waals surface area contributed by atoms with Crippen molar-refractivity contribution in [3.05, 3.63) is 51.4 Å². The van der Waals surface area contributed by atoms with Crippen molar-refractivity contribution >= 4 is 31.9 Å². The minimum atomic E-state index is 0.109. The molecule has 0 aliphatic carbocycles. The molecule has 0 radical (unpaired) electrons. The number of ether oxygens (including phenoxy) is 1. The van der Waals surface area contributed by atoms with Gasteiger partial charge in [0.15, 0.2) is 11.5 Å². The minimum absolute atomic E-state index is 0.109. The number of hydrogen-bond donors (Lipinski definition) is 1. The molecule has 82 valence electrons. The average Bonchev–Trinajstić information content (AvgIpc) is 2.26. The van der Waals surface area contributed by atoms with E-state index in [9.17, 15) is 5.11 Å². The summed E-state index contributed by atoms with van der Waals surface area (Å²) in [6.07, 6.45) is 0. The number of para-hydroxylation sites is 1. The smallest absolute Gasteiger partial charge is 0.183 e. The van der Waals surface area contributed by atoms with Gasteiger partial charge in [0, 0.05) is 4.47 Å². The summed E-state index contributed by atoms with van der Waals surface area (Å²) in [5, 5.41) is 9.64. The zero-order valence-electron chi connectivity index (χ0n) is 8.15. The average molecular weight is 344 g/mol. The van der Waals surface area contributed by atoms with Gasteiger partial charge in [0.05, 0.1) is 4.47 Å². The quantitative estimate of drug-likeness (QED) is 0.855. The van der Waals surface area contributed by atoms with Gasteiger partial charge in [-0.15, -0.1) is 0 Å². The molecule has 0 saturated carbocycles. The molecule has 0 unspecified atom stereocenters. The Balaban J connectivity index is 2.30. The van der Waals surface area contributed by atoms with Crippen molar-refractivity contribution in [3.8, 4) is 17.2 Å². The molecular formula is C12H8Br2O2. The lowest BCUT2D eigenvalue weighted by Crippen LogP contribution is -1.85. The first kappa shape index (κ1) is 11.5. The molecular weight excluding hydrogens is 336 g/mol. The van der Waals surface area contributed by atoms with Crippen molar-refractivity contribution in [2.45, 2.75) is 0 Å². The maximum atomic E-state index is 9.64. The van der Waals surface area contributed by atoms with Crippen LogP contribution in [0.5, 0.6) is 17.2 Å². The van der Waals surface area contributed by atoms with Gasteiger partial charge in [0.1, 0.15) is 5.75 Å². The predicted molar refractivity (Wildman–Crippen MR) is 70.0 cm³/mol. The van der Waals surface area contributed by atoms with Crippen molar-refractivity contribution in [1.29, 1.82) is 0 Å². The molecule has 2 rings (SSSR count). The molecule has 0 saturated heterocycles. The Morgan fingerprint density at radius 1 is 0.938 bits per heavy atom. The summed E-state index contributed by atoms with van der Waals surface area (Å²) in [5.74, 6) is 1.20. The van der Waals surface area contributed by atoms with E-state index in [-0.39, 0.29) is 5.75 Å². The van der Waals surface area contributed by atoms with Crippen molar-refractivity contribution in [2.75, 3.05) is 0 Å². The van der Waals surface area contributed by atoms with E-state index in [1.54, 1.807) is 12.1 Å². The van der Waals surface area contributed by atoms with Crippen LogP contribution in [-0.4, -0.2) is 5.11 Å². The number of phenols is 1. The van der Waals surface area contributed by atoms with Crippen LogP contribution in [0.4, 0.5) is 0 Å². The first-order chi connectivity index (χ1) is 7.66. The zero-order valence-corrected chi connectivity index (χ0v) is 11.3. The molecule has 0 bridgehead atoms. The van der Waals surface area contributed by atoms with Crippen molar-refractivity contribution < 1.29 is 9.84 Å². The molecule has 16 heavy (non-hydrogen) atoms. The number of aromatic hydroxyl groups is 1. The number of phenolic OH excluding ortho intramolecular Hbond substituents is 1. The maximum Gasteiger partial charge on any atom is 0.183 e. The van der Waals surface area contributed by atoms with E-state index < -0.39 is 0 Å². The summed E-state index contributed by atoms with van der Waals surface area (Å²) < 4.78 is 7.28. The van der Waals surface area contributed by atoms with E-state index in [1.807, 2.05) is 30.3 Å². The van der Waals surface area contributed by atoms with Gasteiger partial charge in [0.2, 0.25) is 0 Å². The monoisotopic (exact) mass is 342 g/mol. The van der Waals surface area contributed by atoms with Crippen molar-refractivity contribution in [1.82, 2.24) is 0 Å². The number of halogens is 2. The molecule has 0 aromatic heterocycles. The van der Waals surface area contributed by atoms with Gasteiger partial charge in [-0.25, -0.2) is 0 Å². The Morgan fingerprint density at radius 2 is 1.62 bits per heavy atom. The van der Waals surface area contributed by atoms with E-state index in [0.29, 0.717) is 11.5 Å². The summed E-state index contributed by atoms with van der Waals surface area (Å²) in [4.78, 5) is 0. The molecule has 0 atom stereocenters. The van der Waals surface area contributed by atoms with Crippen LogP contribution in [-0.2, 0) is 0 Å². The van der Waals surface area contributed by atoms with Crippen LogP contribution in [0.1, 0.15) is 0 Å². The molecule has 0 spiro atoms. The van der Waals surface area contributed by atoms with E-state index in [4.69, 9.17) is 4.74 Å². The third-order valence-electron chi connectivity index (χ3n) is 1.98. The lowest BCUT2D eigenvalue weighted by Gasteiger charge is -2.09. The first-order valence-electron chi connectivity index (χ1n) is 4.58. The Labute approximate surface area is 110 Å². The van der Waals surface area contributed by atoms with Crippen LogP contribution in [0.2, 0.25) is 0 Å². The molecule has 2 aromatic rings. The van der Waals surface area contributed by atoms with E-state index in [2.05, 4.69) is 31.9 Å². The van der Waals surface area contributed by atoms with Crippen LogP contribution in [0.3, 0.4) is 0 Å². The molecule has 1 N–H and O–H groups in total. The van der Waals surface area contributed by atoms with Gasteiger partial charge >= 0.3 is 0 Å².